The highest BCUT2D eigenvalue weighted by atomic mass is 32.2. The van der Waals surface area contributed by atoms with Gasteiger partial charge in [-0.2, -0.15) is 0 Å². The first-order valence-corrected chi connectivity index (χ1v) is 12.4. The van der Waals surface area contributed by atoms with Crippen LogP contribution in [0.4, 0.5) is 16.2 Å². The van der Waals surface area contributed by atoms with Crippen molar-refractivity contribution in [3.63, 3.8) is 0 Å². The molecule has 2 amide bonds. The number of benzene rings is 2. The second kappa shape index (κ2) is 9.12. The summed E-state index contributed by atoms with van der Waals surface area (Å²) in [6.45, 7) is 3.32. The third-order valence-electron chi connectivity index (χ3n) is 6.23. The van der Waals surface area contributed by atoms with Gasteiger partial charge in [-0.3, -0.25) is 9.69 Å². The molecule has 0 saturated carbocycles. The van der Waals surface area contributed by atoms with E-state index >= 15 is 0 Å². The normalized spacial score (nSPS) is 19.3. The number of fused-ring (bicyclic) bond motifs is 1. The van der Waals surface area contributed by atoms with E-state index in [1.165, 1.54) is 17.0 Å². The van der Waals surface area contributed by atoms with Crippen LogP contribution in [-0.2, 0) is 19.6 Å². The van der Waals surface area contributed by atoms with Crippen molar-refractivity contribution in [3.05, 3.63) is 42.5 Å². The summed E-state index contributed by atoms with van der Waals surface area (Å²) in [5.41, 5.74) is 2.38. The van der Waals surface area contributed by atoms with Gasteiger partial charge >= 0.3 is 6.09 Å². The van der Waals surface area contributed by atoms with Gasteiger partial charge in [0.2, 0.25) is 15.9 Å². The van der Waals surface area contributed by atoms with Gasteiger partial charge in [0.25, 0.3) is 0 Å². The molecule has 3 N–H and O–H groups in total. The number of anilines is 2. The van der Waals surface area contributed by atoms with Gasteiger partial charge in [0.15, 0.2) is 0 Å². The van der Waals surface area contributed by atoms with Crippen LogP contribution in [0.1, 0.15) is 26.2 Å². The van der Waals surface area contributed by atoms with Crippen molar-refractivity contribution in [2.45, 2.75) is 37.1 Å². The van der Waals surface area contributed by atoms with Gasteiger partial charge in [0.05, 0.1) is 22.3 Å². The molecule has 176 valence electrons. The molecule has 1 saturated heterocycles. The maximum absolute atomic E-state index is 13.3. The fraction of sp³-hybridized carbons (Fsp3) is 0.391. The van der Waals surface area contributed by atoms with Crippen LogP contribution in [0.15, 0.2) is 47.4 Å². The fourth-order valence-corrected chi connectivity index (χ4v) is 5.01. The van der Waals surface area contributed by atoms with E-state index in [1.54, 1.807) is 35.2 Å². The second-order valence-electron chi connectivity index (χ2n) is 8.54. The Labute approximate surface area is 192 Å². The highest BCUT2D eigenvalue weighted by Crippen LogP contribution is 2.39. The van der Waals surface area contributed by atoms with E-state index < -0.39 is 16.1 Å². The molecule has 0 radical (unpaired) electrons. The summed E-state index contributed by atoms with van der Waals surface area (Å²) in [5, 5.41) is 15.0. The Kier molecular flexibility index (Phi) is 6.42. The molecule has 2 aromatic rings. The minimum Gasteiger partial charge on any atom is -0.465 e. The molecule has 2 aromatic carbocycles. The molecule has 10 heteroatoms. The van der Waals surface area contributed by atoms with Crippen LogP contribution in [0.3, 0.4) is 0 Å². The maximum atomic E-state index is 13.3. The number of hydrogen-bond acceptors (Lipinski definition) is 5. The van der Waals surface area contributed by atoms with Crippen molar-refractivity contribution in [2.24, 2.45) is 11.1 Å². The van der Waals surface area contributed by atoms with Gasteiger partial charge in [-0.15, -0.1) is 0 Å². The van der Waals surface area contributed by atoms with E-state index in [4.69, 9.17) is 9.88 Å². The zero-order valence-electron chi connectivity index (χ0n) is 18.3. The van der Waals surface area contributed by atoms with Crippen molar-refractivity contribution in [1.82, 2.24) is 0 Å². The number of hydrogen-bond donors (Lipinski definition) is 2. The number of primary sulfonamides is 1. The predicted octanol–water partition coefficient (Wildman–Crippen LogP) is 3.04. The van der Waals surface area contributed by atoms with Gasteiger partial charge in [-0.1, -0.05) is 18.2 Å². The van der Waals surface area contributed by atoms with Crippen molar-refractivity contribution in [2.75, 3.05) is 29.6 Å². The Morgan fingerprint density at radius 2 is 1.70 bits per heavy atom. The number of nitrogens with zero attached hydrogens (tertiary/aromatic N) is 2. The van der Waals surface area contributed by atoms with Crippen molar-refractivity contribution in [3.8, 4) is 11.1 Å². The summed E-state index contributed by atoms with van der Waals surface area (Å²) in [5.74, 6) is 0.238. The Hall–Kier alpha value is -2.95. The first kappa shape index (κ1) is 23.2. The van der Waals surface area contributed by atoms with Crippen molar-refractivity contribution < 1.29 is 27.9 Å². The first-order valence-electron chi connectivity index (χ1n) is 10.8. The van der Waals surface area contributed by atoms with Gasteiger partial charge < -0.3 is 14.7 Å². The SMILES string of the molecule is C[C@H]1CN(C(=O)O)c2cc(-c3ccc(S(N)(=O)=O)cc3)ccc2N1C(=O)CC1CCOCC1. The minimum atomic E-state index is -3.81. The van der Waals surface area contributed by atoms with E-state index in [-0.39, 0.29) is 29.3 Å². The third kappa shape index (κ3) is 4.87. The van der Waals surface area contributed by atoms with Gasteiger partial charge in [-0.25, -0.2) is 18.4 Å². The summed E-state index contributed by atoms with van der Waals surface area (Å²) in [4.78, 5) is 28.2. The summed E-state index contributed by atoms with van der Waals surface area (Å²) in [7, 11) is -3.81. The first-order chi connectivity index (χ1) is 15.6. The lowest BCUT2D eigenvalue weighted by molar-refractivity contribution is -0.120. The molecule has 0 spiro atoms. The summed E-state index contributed by atoms with van der Waals surface area (Å²) in [6.07, 6.45) is 0.989. The smallest absolute Gasteiger partial charge is 0.411 e. The van der Waals surface area contributed by atoms with E-state index in [9.17, 15) is 23.1 Å². The lowest BCUT2D eigenvalue weighted by atomic mass is 9.94. The quantitative estimate of drug-likeness (QED) is 0.702. The van der Waals surface area contributed by atoms with Crippen LogP contribution in [0.5, 0.6) is 0 Å². The molecular weight excluding hydrogens is 446 g/mol. The number of carbonyl (C=O) groups is 2. The Balaban J connectivity index is 1.68. The Morgan fingerprint density at radius 1 is 1.06 bits per heavy atom. The molecule has 1 atom stereocenters. The topological polar surface area (TPSA) is 130 Å². The molecule has 9 nitrogen and oxygen atoms in total. The van der Waals surface area contributed by atoms with Crippen LogP contribution >= 0.6 is 0 Å². The third-order valence-corrected chi connectivity index (χ3v) is 7.16. The Morgan fingerprint density at radius 3 is 2.30 bits per heavy atom. The van der Waals surface area contributed by atoms with Gasteiger partial charge in [0.1, 0.15) is 0 Å². The monoisotopic (exact) mass is 473 g/mol. The molecule has 2 aliphatic rings. The lowest BCUT2D eigenvalue weighted by Crippen LogP contribution is -2.52. The van der Waals surface area contributed by atoms with Gasteiger partial charge in [0, 0.05) is 26.2 Å². The number of carbonyl (C=O) groups excluding carboxylic acids is 1. The molecule has 33 heavy (non-hydrogen) atoms. The average Bonchev–Trinajstić information content (AvgIpc) is 2.78. The largest absolute Gasteiger partial charge is 0.465 e. The molecular formula is C23H27N3O6S. The van der Waals surface area contributed by atoms with E-state index in [0.29, 0.717) is 42.1 Å². The van der Waals surface area contributed by atoms with E-state index in [0.717, 1.165) is 12.8 Å². The van der Waals surface area contributed by atoms with Crippen molar-refractivity contribution in [1.29, 1.82) is 0 Å². The molecule has 0 aliphatic carbocycles. The molecule has 1 fully saturated rings. The maximum Gasteiger partial charge on any atom is 0.411 e. The average molecular weight is 474 g/mol. The number of rotatable bonds is 4. The zero-order valence-corrected chi connectivity index (χ0v) is 19.1. The van der Waals surface area contributed by atoms with Crippen LogP contribution in [-0.4, -0.2) is 51.3 Å². The van der Waals surface area contributed by atoms with E-state index in [1.807, 2.05) is 6.92 Å². The predicted molar refractivity (Wildman–Crippen MR) is 124 cm³/mol. The second-order valence-corrected chi connectivity index (χ2v) is 10.1. The molecule has 0 bridgehead atoms. The van der Waals surface area contributed by atoms with Crippen LogP contribution in [0.25, 0.3) is 11.1 Å². The lowest BCUT2D eigenvalue weighted by Gasteiger charge is -2.41. The Bertz CT molecular complexity index is 1160. The molecule has 0 unspecified atom stereocenters. The number of ether oxygens (including phenoxy) is 1. The van der Waals surface area contributed by atoms with E-state index in [2.05, 4.69) is 0 Å². The highest BCUT2D eigenvalue weighted by Gasteiger charge is 2.36. The minimum absolute atomic E-state index is 0.00455. The van der Waals surface area contributed by atoms with Crippen LogP contribution in [0, 0.1) is 5.92 Å². The number of carboxylic acid groups (broad SMARTS) is 1. The number of sulfonamides is 1. The van der Waals surface area contributed by atoms with Crippen LogP contribution < -0.4 is 14.9 Å². The molecule has 4 rings (SSSR count). The molecule has 0 aromatic heterocycles. The number of amides is 2. The molecule has 2 heterocycles. The summed E-state index contributed by atoms with van der Waals surface area (Å²) >= 11 is 0. The van der Waals surface area contributed by atoms with Gasteiger partial charge in [-0.05, 0) is 61.1 Å². The summed E-state index contributed by atoms with van der Waals surface area (Å²) < 4.78 is 28.4. The van der Waals surface area contributed by atoms with Crippen LogP contribution in [0.2, 0.25) is 0 Å². The molecule has 2 aliphatic heterocycles. The van der Waals surface area contributed by atoms with Crippen molar-refractivity contribution >= 4 is 33.4 Å². The summed E-state index contributed by atoms with van der Waals surface area (Å²) in [6, 6.07) is 11.0. The standard InChI is InChI=1S/C23H27N3O6S/c1-15-14-25(23(28)29)21-13-18(17-2-5-19(6-3-17)33(24,30)31)4-7-20(21)26(15)22(27)12-16-8-10-32-11-9-16/h2-7,13,15-16H,8-12,14H2,1H3,(H,28,29)(H2,24,30,31)/t15-/m0/s1. The number of nitrogens with two attached hydrogens (primary N) is 1. The zero-order chi connectivity index (χ0) is 23.8. The highest BCUT2D eigenvalue weighted by molar-refractivity contribution is 7.89. The fourth-order valence-electron chi connectivity index (χ4n) is 4.50.